The van der Waals surface area contributed by atoms with Crippen LogP contribution in [-0.2, 0) is 14.4 Å². The van der Waals surface area contributed by atoms with Crippen LogP contribution in [0.4, 0.5) is 0 Å². The van der Waals surface area contributed by atoms with Gasteiger partial charge in [0.15, 0.2) is 0 Å². The summed E-state index contributed by atoms with van der Waals surface area (Å²) in [6.07, 6.45) is 3.06. The molecular weight excluding hydrogens is 298 g/mol. The fourth-order valence-electron chi connectivity index (χ4n) is 2.00. The molecule has 23 heavy (non-hydrogen) atoms. The highest BCUT2D eigenvalue weighted by Crippen LogP contribution is 2.02. The molecule has 0 aliphatic heterocycles. The number of primary amides is 1. The Morgan fingerprint density at radius 2 is 1.70 bits per heavy atom. The number of unbranched alkanes of at least 4 members (excludes halogenated alkanes) is 1. The topological polar surface area (TPSA) is 139 Å². The summed E-state index contributed by atoms with van der Waals surface area (Å²) in [5, 5.41) is 8.18. The smallest absolute Gasteiger partial charge is 0.240 e. The third-order valence-corrected chi connectivity index (χ3v) is 3.64. The molecule has 8 nitrogen and oxygen atoms in total. The number of rotatable bonds is 12. The van der Waals surface area contributed by atoms with Crippen LogP contribution in [0.3, 0.4) is 0 Å². The van der Waals surface area contributed by atoms with E-state index in [-0.39, 0.29) is 30.7 Å². The molecule has 0 aromatic carbocycles. The van der Waals surface area contributed by atoms with Crippen LogP contribution in [0.5, 0.6) is 0 Å². The molecule has 0 saturated carbocycles. The number of nitrogens with one attached hydrogen (secondary N) is 3. The molecule has 0 bridgehead atoms. The van der Waals surface area contributed by atoms with Gasteiger partial charge in [0, 0.05) is 12.5 Å². The van der Waals surface area contributed by atoms with Crippen LogP contribution in [0.25, 0.3) is 0 Å². The Bertz CT molecular complexity index is 389. The van der Waals surface area contributed by atoms with E-state index in [2.05, 4.69) is 16.0 Å². The van der Waals surface area contributed by atoms with Crippen molar-refractivity contribution in [1.82, 2.24) is 16.0 Å². The number of amides is 3. The lowest BCUT2D eigenvalue weighted by atomic mass is 10.1. The molecule has 0 aromatic heterocycles. The van der Waals surface area contributed by atoms with E-state index in [9.17, 15) is 14.4 Å². The number of nitrogens with two attached hydrogens (primary N) is 2. The zero-order valence-corrected chi connectivity index (χ0v) is 14.4. The molecule has 0 heterocycles. The van der Waals surface area contributed by atoms with Gasteiger partial charge in [0.2, 0.25) is 17.7 Å². The predicted molar refractivity (Wildman–Crippen MR) is 89.4 cm³/mol. The van der Waals surface area contributed by atoms with Crippen molar-refractivity contribution in [2.75, 3.05) is 13.6 Å². The molecule has 3 amide bonds. The van der Waals surface area contributed by atoms with Gasteiger partial charge in [-0.3, -0.25) is 14.4 Å². The van der Waals surface area contributed by atoms with E-state index in [4.69, 9.17) is 11.5 Å². The van der Waals surface area contributed by atoms with Gasteiger partial charge in [0.05, 0.1) is 6.04 Å². The average Bonchev–Trinajstić information content (AvgIpc) is 2.50. The van der Waals surface area contributed by atoms with E-state index in [0.717, 1.165) is 19.3 Å². The Labute approximate surface area is 138 Å². The van der Waals surface area contributed by atoms with Gasteiger partial charge in [-0.05, 0) is 46.7 Å². The molecule has 0 saturated heterocycles. The van der Waals surface area contributed by atoms with Crippen LogP contribution < -0.4 is 27.4 Å². The summed E-state index contributed by atoms with van der Waals surface area (Å²) in [5.41, 5.74) is 10.7. The van der Waals surface area contributed by atoms with Crippen molar-refractivity contribution in [3.05, 3.63) is 0 Å². The Kier molecular flexibility index (Phi) is 11.0. The largest absolute Gasteiger partial charge is 0.368 e. The number of hydrogen-bond acceptors (Lipinski definition) is 5. The van der Waals surface area contributed by atoms with E-state index in [0.29, 0.717) is 6.54 Å². The first-order valence-corrected chi connectivity index (χ1v) is 8.08. The summed E-state index contributed by atoms with van der Waals surface area (Å²) in [7, 11) is 1.64. The second kappa shape index (κ2) is 11.8. The lowest BCUT2D eigenvalue weighted by Gasteiger charge is -2.19. The second-order valence-electron chi connectivity index (χ2n) is 5.77. The molecule has 0 rings (SSSR count). The van der Waals surface area contributed by atoms with Gasteiger partial charge in [0.25, 0.3) is 0 Å². The minimum Gasteiger partial charge on any atom is -0.368 e. The molecule has 3 atom stereocenters. The Morgan fingerprint density at radius 1 is 1.04 bits per heavy atom. The van der Waals surface area contributed by atoms with E-state index in [1.165, 1.54) is 0 Å². The average molecular weight is 329 g/mol. The Morgan fingerprint density at radius 3 is 2.22 bits per heavy atom. The normalized spacial score (nSPS) is 14.6. The lowest BCUT2D eigenvalue weighted by molar-refractivity contribution is -0.129. The Hall–Kier alpha value is -1.67. The van der Waals surface area contributed by atoms with Gasteiger partial charge >= 0.3 is 0 Å². The zero-order valence-electron chi connectivity index (χ0n) is 14.4. The molecule has 2 unspecified atom stereocenters. The molecule has 0 aliphatic rings. The molecular formula is C15H31N5O3. The monoisotopic (exact) mass is 329 g/mol. The molecule has 0 fully saturated rings. The van der Waals surface area contributed by atoms with Gasteiger partial charge in [-0.1, -0.05) is 6.42 Å². The van der Waals surface area contributed by atoms with Crippen molar-refractivity contribution in [2.24, 2.45) is 11.5 Å². The number of carbonyl (C=O) groups excluding carboxylic acids is 3. The van der Waals surface area contributed by atoms with Crippen molar-refractivity contribution < 1.29 is 14.4 Å². The van der Waals surface area contributed by atoms with Crippen molar-refractivity contribution in [1.29, 1.82) is 0 Å². The maximum atomic E-state index is 11.9. The molecule has 0 aliphatic carbocycles. The predicted octanol–water partition coefficient (Wildman–Crippen LogP) is -1.02. The third kappa shape index (κ3) is 9.85. The molecule has 0 spiro atoms. The van der Waals surface area contributed by atoms with Crippen LogP contribution in [0.2, 0.25) is 0 Å². The first-order valence-electron chi connectivity index (χ1n) is 8.08. The first kappa shape index (κ1) is 21.3. The number of carbonyl (C=O) groups is 3. The van der Waals surface area contributed by atoms with Crippen molar-refractivity contribution in [3.63, 3.8) is 0 Å². The molecule has 8 heteroatoms. The van der Waals surface area contributed by atoms with Crippen molar-refractivity contribution in [3.8, 4) is 0 Å². The maximum Gasteiger partial charge on any atom is 0.240 e. The minimum absolute atomic E-state index is 0.0555. The van der Waals surface area contributed by atoms with Crippen LogP contribution in [0.15, 0.2) is 0 Å². The van der Waals surface area contributed by atoms with Gasteiger partial charge in [-0.2, -0.15) is 0 Å². The van der Waals surface area contributed by atoms with Crippen molar-refractivity contribution in [2.45, 2.75) is 64.1 Å². The van der Waals surface area contributed by atoms with Crippen molar-refractivity contribution >= 4 is 17.7 Å². The Balaban J connectivity index is 4.23. The fraction of sp³-hybridized carbons (Fsp3) is 0.800. The number of hydrogen-bond donors (Lipinski definition) is 5. The minimum atomic E-state index is -0.850. The standard InChI is InChI=1S/C15H31N5O3/c1-10(6-4-5-9-16)19-13(21)8-7-12(14(17)22)20-15(23)11(2)18-3/h10-12,18H,4-9,16H2,1-3H3,(H2,17,22)(H,19,21)(H,20,23)/t10?,11-,12?/m0/s1. The number of likely N-dealkylation sites (N-methyl/N-ethyl adjacent to an activating group) is 1. The van der Waals surface area contributed by atoms with E-state index in [1.54, 1.807) is 14.0 Å². The van der Waals surface area contributed by atoms with Gasteiger partial charge in [0.1, 0.15) is 6.04 Å². The summed E-state index contributed by atoms with van der Waals surface area (Å²) < 4.78 is 0. The molecule has 134 valence electrons. The molecule has 7 N–H and O–H groups in total. The van der Waals surface area contributed by atoms with Gasteiger partial charge in [-0.25, -0.2) is 0 Å². The summed E-state index contributed by atoms with van der Waals surface area (Å²) in [6, 6.07) is -1.23. The van der Waals surface area contributed by atoms with E-state index >= 15 is 0 Å². The lowest BCUT2D eigenvalue weighted by Crippen LogP contribution is -2.50. The summed E-state index contributed by atoms with van der Waals surface area (Å²) >= 11 is 0. The summed E-state index contributed by atoms with van der Waals surface area (Å²) in [4.78, 5) is 35.0. The van der Waals surface area contributed by atoms with Gasteiger partial charge < -0.3 is 27.4 Å². The highest BCUT2D eigenvalue weighted by molar-refractivity contribution is 5.89. The quantitative estimate of drug-likeness (QED) is 0.292. The van der Waals surface area contributed by atoms with Crippen LogP contribution in [0.1, 0.15) is 46.0 Å². The summed E-state index contributed by atoms with van der Waals surface area (Å²) in [6.45, 7) is 4.24. The maximum absolute atomic E-state index is 11.9. The first-order chi connectivity index (χ1) is 10.8. The second-order valence-corrected chi connectivity index (χ2v) is 5.77. The van der Waals surface area contributed by atoms with Crippen LogP contribution in [-0.4, -0.2) is 49.4 Å². The van der Waals surface area contributed by atoms with Crippen LogP contribution >= 0.6 is 0 Å². The highest BCUT2D eigenvalue weighted by atomic mass is 16.2. The van der Waals surface area contributed by atoms with E-state index in [1.807, 2.05) is 6.92 Å². The SMILES string of the molecule is CN[C@@H](C)C(=O)NC(CCC(=O)NC(C)CCCCN)C(N)=O. The van der Waals surface area contributed by atoms with Gasteiger partial charge in [-0.15, -0.1) is 0 Å². The molecule has 0 aromatic rings. The third-order valence-electron chi connectivity index (χ3n) is 3.64. The fourth-order valence-corrected chi connectivity index (χ4v) is 2.00. The highest BCUT2D eigenvalue weighted by Gasteiger charge is 2.21. The summed E-state index contributed by atoms with van der Waals surface area (Å²) in [5.74, 6) is -1.13. The van der Waals surface area contributed by atoms with Crippen LogP contribution in [0, 0.1) is 0 Å². The van der Waals surface area contributed by atoms with E-state index < -0.39 is 18.0 Å². The zero-order chi connectivity index (χ0) is 17.8. The molecule has 0 radical (unpaired) electrons.